The Kier molecular flexibility index (Phi) is 9.43. The summed E-state index contributed by atoms with van der Waals surface area (Å²) < 4.78 is 0. The number of nitrogens with zero attached hydrogens (tertiary/aromatic N) is 1. The minimum atomic E-state index is 1.05. The predicted octanol–water partition coefficient (Wildman–Crippen LogP) is 5.07. The van der Waals surface area contributed by atoms with E-state index >= 15 is 0 Å². The first-order valence-electron chi connectivity index (χ1n) is 9.08. The average Bonchev–Trinajstić information content (AvgIpc) is 2.65. The van der Waals surface area contributed by atoms with Crippen molar-refractivity contribution in [1.29, 1.82) is 0 Å². The van der Waals surface area contributed by atoms with Gasteiger partial charge in [0, 0.05) is 30.2 Å². The lowest BCUT2D eigenvalue weighted by atomic mass is 10.2. The van der Waals surface area contributed by atoms with E-state index in [2.05, 4.69) is 77.8 Å². The topological polar surface area (TPSA) is 15.3 Å². The molecule has 2 aromatic carbocycles. The van der Waals surface area contributed by atoms with E-state index in [1.165, 1.54) is 35.6 Å². The van der Waals surface area contributed by atoms with Gasteiger partial charge in [-0.05, 0) is 49.4 Å². The van der Waals surface area contributed by atoms with Gasteiger partial charge in [-0.1, -0.05) is 49.7 Å². The maximum atomic E-state index is 3.59. The summed E-state index contributed by atoms with van der Waals surface area (Å²) in [7, 11) is 0. The highest BCUT2D eigenvalue weighted by Gasteiger charge is 2.04. The van der Waals surface area contributed by atoms with Crippen LogP contribution in [-0.4, -0.2) is 31.9 Å². The smallest absolute Gasteiger partial charge is 0.0366 e. The van der Waals surface area contributed by atoms with Crippen LogP contribution in [0.4, 0.5) is 5.69 Å². The highest BCUT2D eigenvalue weighted by molar-refractivity contribution is 7.99. The van der Waals surface area contributed by atoms with E-state index in [0.717, 1.165) is 26.2 Å². The van der Waals surface area contributed by atoms with Gasteiger partial charge in [-0.15, -0.1) is 11.8 Å². The Morgan fingerprint density at radius 1 is 0.833 bits per heavy atom. The number of thioether (sulfide) groups is 1. The zero-order chi connectivity index (χ0) is 16.9. The Balaban J connectivity index is 1.60. The molecule has 0 aliphatic heterocycles. The Morgan fingerprint density at radius 3 is 2.25 bits per heavy atom. The Morgan fingerprint density at radius 2 is 1.54 bits per heavy atom. The first kappa shape index (κ1) is 18.9. The normalized spacial score (nSPS) is 10.7. The van der Waals surface area contributed by atoms with Crippen molar-refractivity contribution < 1.29 is 0 Å². The molecule has 0 amide bonds. The quantitative estimate of drug-likeness (QED) is 0.428. The summed E-state index contributed by atoms with van der Waals surface area (Å²) >= 11 is 1.94. The Bertz CT molecular complexity index is 530. The molecule has 0 bridgehead atoms. The van der Waals surface area contributed by atoms with Gasteiger partial charge in [-0.25, -0.2) is 0 Å². The molecule has 0 atom stereocenters. The van der Waals surface area contributed by atoms with E-state index in [1.54, 1.807) is 0 Å². The molecule has 2 nitrogen and oxygen atoms in total. The fraction of sp³-hybridized carbons (Fsp3) is 0.429. The second-order valence-electron chi connectivity index (χ2n) is 5.94. The molecule has 0 aliphatic carbocycles. The molecular weight excluding hydrogens is 312 g/mol. The van der Waals surface area contributed by atoms with Crippen LogP contribution in [0, 0.1) is 0 Å². The van der Waals surface area contributed by atoms with Gasteiger partial charge in [0.25, 0.3) is 0 Å². The number of benzene rings is 2. The van der Waals surface area contributed by atoms with E-state index in [1.807, 2.05) is 11.8 Å². The number of rotatable bonds is 12. The zero-order valence-corrected chi connectivity index (χ0v) is 15.6. The molecule has 2 rings (SSSR count). The van der Waals surface area contributed by atoms with Crippen LogP contribution in [0.5, 0.6) is 0 Å². The van der Waals surface area contributed by atoms with Crippen LogP contribution in [0.2, 0.25) is 0 Å². The standard InChI is InChI=1S/C21H30N2S/c1-2-3-17-23(20-11-6-4-7-12-20)18-16-22-15-10-19-24-21-13-8-5-9-14-21/h4-9,11-14,22H,2-3,10,15-19H2,1H3. The molecule has 1 N–H and O–H groups in total. The first-order chi connectivity index (χ1) is 11.9. The van der Waals surface area contributed by atoms with Gasteiger partial charge in [0.2, 0.25) is 0 Å². The highest BCUT2D eigenvalue weighted by Crippen LogP contribution is 2.17. The molecule has 24 heavy (non-hydrogen) atoms. The number of unbranched alkanes of at least 4 members (excludes halogenated alkanes) is 1. The maximum Gasteiger partial charge on any atom is 0.0366 e. The average molecular weight is 343 g/mol. The van der Waals surface area contributed by atoms with Gasteiger partial charge in [-0.2, -0.15) is 0 Å². The van der Waals surface area contributed by atoms with Gasteiger partial charge in [-0.3, -0.25) is 0 Å². The lowest BCUT2D eigenvalue weighted by Gasteiger charge is -2.25. The van der Waals surface area contributed by atoms with Crippen LogP contribution in [-0.2, 0) is 0 Å². The van der Waals surface area contributed by atoms with E-state index in [4.69, 9.17) is 0 Å². The number of anilines is 1. The molecule has 0 fully saturated rings. The van der Waals surface area contributed by atoms with Crippen molar-refractivity contribution in [3.63, 3.8) is 0 Å². The van der Waals surface area contributed by atoms with Crippen molar-refractivity contribution >= 4 is 17.4 Å². The van der Waals surface area contributed by atoms with Crippen LogP contribution >= 0.6 is 11.8 Å². The molecule has 0 radical (unpaired) electrons. The molecule has 0 aliphatic rings. The minimum absolute atomic E-state index is 1.05. The second kappa shape index (κ2) is 12.0. The van der Waals surface area contributed by atoms with Gasteiger partial charge >= 0.3 is 0 Å². The third kappa shape index (κ3) is 7.41. The van der Waals surface area contributed by atoms with E-state index in [-0.39, 0.29) is 0 Å². The molecule has 0 saturated heterocycles. The highest BCUT2D eigenvalue weighted by atomic mass is 32.2. The van der Waals surface area contributed by atoms with Crippen LogP contribution < -0.4 is 10.2 Å². The third-order valence-corrected chi connectivity index (χ3v) is 5.07. The molecule has 0 saturated carbocycles. The minimum Gasteiger partial charge on any atom is -0.370 e. The van der Waals surface area contributed by atoms with Crippen molar-refractivity contribution in [3.8, 4) is 0 Å². The monoisotopic (exact) mass is 342 g/mol. The lowest BCUT2D eigenvalue weighted by molar-refractivity contribution is 0.637. The van der Waals surface area contributed by atoms with Gasteiger partial charge < -0.3 is 10.2 Å². The first-order valence-corrected chi connectivity index (χ1v) is 10.1. The van der Waals surface area contributed by atoms with Crippen LogP contribution in [0.1, 0.15) is 26.2 Å². The Labute approximate surface area is 151 Å². The molecule has 0 aromatic heterocycles. The van der Waals surface area contributed by atoms with Gasteiger partial charge in [0.05, 0.1) is 0 Å². The van der Waals surface area contributed by atoms with E-state index in [0.29, 0.717) is 0 Å². The molecule has 2 aromatic rings. The summed E-state index contributed by atoms with van der Waals surface area (Å²) in [5.41, 5.74) is 1.34. The van der Waals surface area contributed by atoms with E-state index < -0.39 is 0 Å². The van der Waals surface area contributed by atoms with Crippen molar-refractivity contribution in [1.82, 2.24) is 5.32 Å². The van der Waals surface area contributed by atoms with E-state index in [9.17, 15) is 0 Å². The fourth-order valence-electron chi connectivity index (χ4n) is 2.60. The van der Waals surface area contributed by atoms with Crippen LogP contribution in [0.15, 0.2) is 65.6 Å². The maximum absolute atomic E-state index is 3.59. The van der Waals surface area contributed by atoms with Crippen molar-refractivity contribution in [2.45, 2.75) is 31.1 Å². The summed E-state index contributed by atoms with van der Waals surface area (Å²) in [5, 5.41) is 3.59. The van der Waals surface area contributed by atoms with Crippen LogP contribution in [0.25, 0.3) is 0 Å². The summed E-state index contributed by atoms with van der Waals surface area (Å²) in [6.45, 7) is 6.62. The zero-order valence-electron chi connectivity index (χ0n) is 14.8. The predicted molar refractivity (Wildman–Crippen MR) is 108 cm³/mol. The van der Waals surface area contributed by atoms with Crippen molar-refractivity contribution in [2.24, 2.45) is 0 Å². The number of nitrogens with one attached hydrogen (secondary N) is 1. The summed E-state index contributed by atoms with van der Waals surface area (Å²) in [4.78, 5) is 3.86. The summed E-state index contributed by atoms with van der Waals surface area (Å²) in [5.74, 6) is 1.18. The molecule has 130 valence electrons. The van der Waals surface area contributed by atoms with Gasteiger partial charge in [0.1, 0.15) is 0 Å². The van der Waals surface area contributed by atoms with Crippen molar-refractivity contribution in [3.05, 3.63) is 60.7 Å². The number of para-hydroxylation sites is 1. The molecular formula is C21H30N2S. The van der Waals surface area contributed by atoms with Crippen molar-refractivity contribution in [2.75, 3.05) is 36.8 Å². The molecule has 0 heterocycles. The van der Waals surface area contributed by atoms with Gasteiger partial charge in [0.15, 0.2) is 0 Å². The molecule has 0 spiro atoms. The summed E-state index contributed by atoms with van der Waals surface area (Å²) in [6.07, 6.45) is 3.70. The fourth-order valence-corrected chi connectivity index (χ4v) is 3.47. The number of hydrogen-bond acceptors (Lipinski definition) is 3. The lowest BCUT2D eigenvalue weighted by Crippen LogP contribution is -2.33. The molecule has 3 heteroatoms. The number of hydrogen-bond donors (Lipinski definition) is 1. The third-order valence-electron chi connectivity index (χ3n) is 3.97. The van der Waals surface area contributed by atoms with Crippen LogP contribution in [0.3, 0.4) is 0 Å². The second-order valence-corrected chi connectivity index (χ2v) is 7.11. The SMILES string of the molecule is CCCCN(CCNCCCSc1ccccc1)c1ccccc1. The molecule has 0 unspecified atom stereocenters. The Hall–Kier alpha value is -1.45. The largest absolute Gasteiger partial charge is 0.370 e. The summed E-state index contributed by atoms with van der Waals surface area (Å²) in [6, 6.07) is 21.4.